The Kier molecular flexibility index (Phi) is 3.54. The van der Waals surface area contributed by atoms with E-state index in [-0.39, 0.29) is 12.1 Å². The highest BCUT2D eigenvalue weighted by molar-refractivity contribution is 7.19. The van der Waals surface area contributed by atoms with Gasteiger partial charge in [0.15, 0.2) is 0 Å². The second kappa shape index (κ2) is 5.38. The van der Waals surface area contributed by atoms with Crippen LogP contribution in [0.25, 0.3) is 21.3 Å². The third-order valence-corrected chi connectivity index (χ3v) is 4.53. The standard InChI is InChI=1S/C16H15N3O2S/c1-9-3-5-11(6-4-9)13-10(2)22-15-14(13)16(21)19(8-18-15)7-12(17)20/h3-6,8H,7H2,1-2H3,(H2,17,20). The molecule has 2 heterocycles. The molecule has 0 aliphatic rings. The van der Waals surface area contributed by atoms with Crippen LogP contribution in [0.15, 0.2) is 35.4 Å². The van der Waals surface area contributed by atoms with Crippen molar-refractivity contribution < 1.29 is 4.79 Å². The SMILES string of the molecule is Cc1ccc(-c2c(C)sc3ncn(CC(N)=O)c(=O)c23)cc1. The van der Waals surface area contributed by atoms with Gasteiger partial charge in [0.25, 0.3) is 5.56 Å². The average molecular weight is 313 g/mol. The third-order valence-electron chi connectivity index (χ3n) is 3.52. The van der Waals surface area contributed by atoms with Gasteiger partial charge in [0.2, 0.25) is 5.91 Å². The van der Waals surface area contributed by atoms with Crippen LogP contribution in [-0.2, 0) is 11.3 Å². The Morgan fingerprint density at radius 1 is 1.27 bits per heavy atom. The highest BCUT2D eigenvalue weighted by Crippen LogP contribution is 2.35. The van der Waals surface area contributed by atoms with Gasteiger partial charge in [-0.15, -0.1) is 11.3 Å². The fourth-order valence-corrected chi connectivity index (χ4v) is 3.49. The summed E-state index contributed by atoms with van der Waals surface area (Å²) in [5, 5.41) is 0.551. The number of rotatable bonds is 3. The quantitative estimate of drug-likeness (QED) is 0.805. The van der Waals surface area contributed by atoms with Gasteiger partial charge in [0.05, 0.1) is 11.7 Å². The number of carbonyl (C=O) groups excluding carboxylic acids is 1. The van der Waals surface area contributed by atoms with E-state index in [1.165, 1.54) is 22.2 Å². The van der Waals surface area contributed by atoms with Crippen molar-refractivity contribution in [1.29, 1.82) is 0 Å². The van der Waals surface area contributed by atoms with Crippen LogP contribution in [-0.4, -0.2) is 15.5 Å². The van der Waals surface area contributed by atoms with Gasteiger partial charge in [-0.3, -0.25) is 14.2 Å². The molecule has 22 heavy (non-hydrogen) atoms. The second-order valence-corrected chi connectivity index (χ2v) is 6.43. The number of hydrogen-bond acceptors (Lipinski definition) is 4. The summed E-state index contributed by atoms with van der Waals surface area (Å²) < 4.78 is 1.26. The summed E-state index contributed by atoms with van der Waals surface area (Å²) in [6.07, 6.45) is 1.38. The van der Waals surface area contributed by atoms with Crippen LogP contribution < -0.4 is 11.3 Å². The van der Waals surface area contributed by atoms with Crippen LogP contribution in [0.4, 0.5) is 0 Å². The summed E-state index contributed by atoms with van der Waals surface area (Å²) in [5.41, 5.74) is 7.97. The first-order valence-corrected chi connectivity index (χ1v) is 7.63. The Bertz CT molecular complexity index is 923. The topological polar surface area (TPSA) is 78.0 Å². The lowest BCUT2D eigenvalue weighted by molar-refractivity contribution is -0.118. The monoisotopic (exact) mass is 313 g/mol. The molecule has 3 rings (SSSR count). The number of nitrogens with two attached hydrogens (primary N) is 1. The van der Waals surface area contributed by atoms with Gasteiger partial charge in [-0.25, -0.2) is 4.98 Å². The molecule has 0 radical (unpaired) electrons. The molecule has 112 valence electrons. The molecule has 1 aromatic carbocycles. The van der Waals surface area contributed by atoms with E-state index < -0.39 is 5.91 Å². The number of thiophene rings is 1. The molecule has 0 aliphatic heterocycles. The normalized spacial score (nSPS) is 11.0. The molecule has 0 atom stereocenters. The van der Waals surface area contributed by atoms with Crippen LogP contribution >= 0.6 is 11.3 Å². The molecule has 5 nitrogen and oxygen atoms in total. The van der Waals surface area contributed by atoms with Crippen LogP contribution in [0.1, 0.15) is 10.4 Å². The number of aryl methyl sites for hydroxylation is 2. The van der Waals surface area contributed by atoms with E-state index in [2.05, 4.69) is 4.98 Å². The lowest BCUT2D eigenvalue weighted by atomic mass is 10.0. The predicted octanol–water partition coefficient (Wildman–Crippen LogP) is 2.23. The number of amides is 1. The van der Waals surface area contributed by atoms with Crippen molar-refractivity contribution >= 4 is 27.5 Å². The minimum atomic E-state index is -0.563. The maximum atomic E-state index is 12.7. The minimum absolute atomic E-state index is 0.163. The first-order chi connectivity index (χ1) is 10.5. The van der Waals surface area contributed by atoms with Gasteiger partial charge in [0.1, 0.15) is 11.4 Å². The van der Waals surface area contributed by atoms with Crippen molar-refractivity contribution in [2.45, 2.75) is 20.4 Å². The van der Waals surface area contributed by atoms with Gasteiger partial charge >= 0.3 is 0 Å². The Hall–Kier alpha value is -2.47. The largest absolute Gasteiger partial charge is 0.368 e. The van der Waals surface area contributed by atoms with Crippen molar-refractivity contribution in [2.24, 2.45) is 5.73 Å². The predicted molar refractivity (Wildman–Crippen MR) is 88.0 cm³/mol. The van der Waals surface area contributed by atoms with Gasteiger partial charge in [-0.2, -0.15) is 0 Å². The van der Waals surface area contributed by atoms with E-state index in [4.69, 9.17) is 5.73 Å². The molecule has 0 saturated carbocycles. The van der Waals surface area contributed by atoms with E-state index in [0.717, 1.165) is 21.6 Å². The fourth-order valence-electron chi connectivity index (χ4n) is 2.49. The summed E-state index contributed by atoms with van der Waals surface area (Å²) in [7, 11) is 0. The number of aromatic nitrogens is 2. The van der Waals surface area contributed by atoms with Crippen LogP contribution in [0.2, 0.25) is 0 Å². The van der Waals surface area contributed by atoms with E-state index in [0.29, 0.717) is 10.2 Å². The number of benzene rings is 1. The van der Waals surface area contributed by atoms with Crippen LogP contribution in [0.5, 0.6) is 0 Å². The lowest BCUT2D eigenvalue weighted by Gasteiger charge is -2.05. The number of nitrogens with zero attached hydrogens (tertiary/aromatic N) is 2. The van der Waals surface area contributed by atoms with Crippen LogP contribution in [0.3, 0.4) is 0 Å². The smallest absolute Gasteiger partial charge is 0.263 e. The van der Waals surface area contributed by atoms with Crippen molar-refractivity contribution in [3.63, 3.8) is 0 Å². The summed E-state index contributed by atoms with van der Waals surface area (Å²) in [6.45, 7) is 3.83. The average Bonchev–Trinajstić information content (AvgIpc) is 2.80. The maximum Gasteiger partial charge on any atom is 0.263 e. The molecule has 6 heteroatoms. The first-order valence-electron chi connectivity index (χ1n) is 6.81. The van der Waals surface area contributed by atoms with Crippen molar-refractivity contribution in [2.75, 3.05) is 0 Å². The van der Waals surface area contributed by atoms with Gasteiger partial charge in [-0.05, 0) is 19.4 Å². The Balaban J connectivity index is 2.29. The van der Waals surface area contributed by atoms with Gasteiger partial charge in [0, 0.05) is 10.4 Å². The first kappa shape index (κ1) is 14.5. The van der Waals surface area contributed by atoms with E-state index >= 15 is 0 Å². The summed E-state index contributed by atoms with van der Waals surface area (Å²) in [5.74, 6) is -0.563. The highest BCUT2D eigenvalue weighted by Gasteiger charge is 2.17. The van der Waals surface area contributed by atoms with Crippen molar-refractivity contribution in [3.8, 4) is 11.1 Å². The van der Waals surface area contributed by atoms with Crippen molar-refractivity contribution in [1.82, 2.24) is 9.55 Å². The molecule has 0 unspecified atom stereocenters. The van der Waals surface area contributed by atoms with E-state index in [1.807, 2.05) is 38.1 Å². The van der Waals surface area contributed by atoms with E-state index in [9.17, 15) is 9.59 Å². The summed E-state index contributed by atoms with van der Waals surface area (Å²) in [6, 6.07) is 8.01. The second-order valence-electron chi connectivity index (χ2n) is 5.22. The van der Waals surface area contributed by atoms with Gasteiger partial charge < -0.3 is 5.73 Å². The summed E-state index contributed by atoms with van der Waals surface area (Å²) >= 11 is 1.48. The zero-order valence-corrected chi connectivity index (χ0v) is 13.1. The van der Waals surface area contributed by atoms with Crippen LogP contribution in [0, 0.1) is 13.8 Å². The zero-order chi connectivity index (χ0) is 15.9. The molecule has 2 aromatic heterocycles. The fraction of sp³-hybridized carbons (Fsp3) is 0.188. The maximum absolute atomic E-state index is 12.7. The van der Waals surface area contributed by atoms with E-state index in [1.54, 1.807) is 0 Å². The Morgan fingerprint density at radius 2 is 1.95 bits per heavy atom. The molecular weight excluding hydrogens is 298 g/mol. The minimum Gasteiger partial charge on any atom is -0.368 e. The lowest BCUT2D eigenvalue weighted by Crippen LogP contribution is -2.28. The molecule has 3 aromatic rings. The Labute approximate surface area is 131 Å². The summed E-state index contributed by atoms with van der Waals surface area (Å²) in [4.78, 5) is 29.8. The molecule has 0 aliphatic carbocycles. The molecule has 0 bridgehead atoms. The van der Waals surface area contributed by atoms with Crippen molar-refractivity contribution in [3.05, 3.63) is 51.4 Å². The molecule has 0 fully saturated rings. The molecule has 0 saturated heterocycles. The molecule has 0 spiro atoms. The molecule has 1 amide bonds. The van der Waals surface area contributed by atoms with Gasteiger partial charge in [-0.1, -0.05) is 29.8 Å². The molecule has 2 N–H and O–H groups in total. The third kappa shape index (κ3) is 2.42. The molecular formula is C16H15N3O2S. The number of carbonyl (C=O) groups is 1. The number of hydrogen-bond donors (Lipinski definition) is 1. The Morgan fingerprint density at radius 3 is 2.59 bits per heavy atom. The zero-order valence-electron chi connectivity index (χ0n) is 12.3. The highest BCUT2D eigenvalue weighted by atomic mass is 32.1. The number of fused-ring (bicyclic) bond motifs is 1. The number of primary amides is 1.